The first-order valence-electron chi connectivity index (χ1n) is 4.65. The lowest BCUT2D eigenvalue weighted by molar-refractivity contribution is 0.0783. The molecule has 14 heavy (non-hydrogen) atoms. The van der Waals surface area contributed by atoms with Crippen molar-refractivity contribution >= 4 is 16.5 Å². The number of rotatable bonds is 2. The third kappa shape index (κ3) is 1.44. The van der Waals surface area contributed by atoms with E-state index in [0.29, 0.717) is 16.9 Å². The zero-order chi connectivity index (χ0) is 9.60. The molecule has 0 amide bonds. The second-order valence-corrected chi connectivity index (χ2v) is 4.82. The lowest BCUT2D eigenvalue weighted by Gasteiger charge is -2.07. The maximum Gasteiger partial charge on any atom is 0.296 e. The molecule has 5 nitrogen and oxygen atoms in total. The molecule has 3 rings (SSSR count). The maximum atomic E-state index is 5.64. The molecule has 1 aromatic heterocycles. The van der Waals surface area contributed by atoms with Crippen LogP contribution in [0.15, 0.2) is 0 Å². The highest BCUT2D eigenvalue weighted by molar-refractivity contribution is 7.16. The van der Waals surface area contributed by atoms with Gasteiger partial charge >= 0.3 is 0 Å². The summed E-state index contributed by atoms with van der Waals surface area (Å²) in [5.41, 5.74) is 5.61. The average molecular weight is 213 g/mol. The van der Waals surface area contributed by atoms with E-state index < -0.39 is 0 Å². The van der Waals surface area contributed by atoms with Gasteiger partial charge in [0.25, 0.3) is 5.19 Å². The van der Waals surface area contributed by atoms with Gasteiger partial charge in [-0.15, -0.1) is 5.10 Å². The van der Waals surface area contributed by atoms with Crippen molar-refractivity contribution in [2.24, 2.45) is 0 Å². The molecule has 0 unspecified atom stereocenters. The lowest BCUT2D eigenvalue weighted by atomic mass is 10.2. The summed E-state index contributed by atoms with van der Waals surface area (Å²) >= 11 is 1.27. The number of anilines is 1. The van der Waals surface area contributed by atoms with Crippen molar-refractivity contribution in [3.8, 4) is 5.19 Å². The standard InChI is InChI=1S/C8H11N3O2S/c9-6-10-11-7(14-6)13-5-3-8(1-2-8)12-4-5/h5H,1-4H2,(H2,9,10)/t5-/m1/s1. The zero-order valence-corrected chi connectivity index (χ0v) is 8.42. The summed E-state index contributed by atoms with van der Waals surface area (Å²) in [6.07, 6.45) is 3.45. The molecule has 2 fully saturated rings. The summed E-state index contributed by atoms with van der Waals surface area (Å²) in [5, 5.41) is 8.50. The van der Waals surface area contributed by atoms with Gasteiger partial charge in [0, 0.05) is 6.42 Å². The molecule has 0 radical (unpaired) electrons. The lowest BCUT2D eigenvalue weighted by Crippen LogP contribution is -2.16. The summed E-state index contributed by atoms with van der Waals surface area (Å²) in [7, 11) is 0. The van der Waals surface area contributed by atoms with E-state index in [0.717, 1.165) is 6.42 Å². The second-order valence-electron chi connectivity index (χ2n) is 3.84. The van der Waals surface area contributed by atoms with Crippen LogP contribution < -0.4 is 10.5 Å². The number of aromatic nitrogens is 2. The molecule has 0 bridgehead atoms. The molecule has 2 N–H and O–H groups in total. The van der Waals surface area contributed by atoms with Crippen molar-refractivity contribution in [2.75, 3.05) is 12.3 Å². The largest absolute Gasteiger partial charge is 0.463 e. The van der Waals surface area contributed by atoms with Crippen LogP contribution in [-0.2, 0) is 4.74 Å². The van der Waals surface area contributed by atoms with Crippen LogP contribution in [-0.4, -0.2) is 28.5 Å². The minimum Gasteiger partial charge on any atom is -0.463 e. The summed E-state index contributed by atoms with van der Waals surface area (Å²) in [6, 6.07) is 0. The molecule has 1 spiro atoms. The number of hydrogen-bond acceptors (Lipinski definition) is 6. The minimum atomic E-state index is 0.129. The van der Waals surface area contributed by atoms with Crippen LogP contribution in [0.1, 0.15) is 19.3 Å². The first-order chi connectivity index (χ1) is 6.76. The van der Waals surface area contributed by atoms with Crippen molar-refractivity contribution < 1.29 is 9.47 Å². The molecule has 1 saturated carbocycles. The Morgan fingerprint density at radius 1 is 1.50 bits per heavy atom. The highest BCUT2D eigenvalue weighted by atomic mass is 32.1. The van der Waals surface area contributed by atoms with Crippen LogP contribution in [0.2, 0.25) is 0 Å². The Morgan fingerprint density at radius 2 is 2.36 bits per heavy atom. The number of hydrogen-bond donors (Lipinski definition) is 1. The summed E-state index contributed by atoms with van der Waals surface area (Å²) < 4.78 is 11.3. The quantitative estimate of drug-likeness (QED) is 0.787. The summed E-state index contributed by atoms with van der Waals surface area (Å²) in [4.78, 5) is 0. The second kappa shape index (κ2) is 2.80. The number of nitrogen functional groups attached to an aromatic ring is 1. The predicted molar refractivity (Wildman–Crippen MR) is 51.3 cm³/mol. The van der Waals surface area contributed by atoms with E-state index in [9.17, 15) is 0 Å². The Morgan fingerprint density at radius 3 is 2.93 bits per heavy atom. The van der Waals surface area contributed by atoms with Crippen molar-refractivity contribution in [2.45, 2.75) is 31.0 Å². The smallest absolute Gasteiger partial charge is 0.296 e. The molecule has 0 aromatic carbocycles. The van der Waals surface area contributed by atoms with Crippen LogP contribution in [0.4, 0.5) is 5.13 Å². The van der Waals surface area contributed by atoms with Gasteiger partial charge in [0.05, 0.1) is 12.2 Å². The fourth-order valence-electron chi connectivity index (χ4n) is 1.78. The number of nitrogens with zero attached hydrogens (tertiary/aromatic N) is 2. The third-order valence-electron chi connectivity index (χ3n) is 2.67. The average Bonchev–Trinajstić information content (AvgIpc) is 2.58. The van der Waals surface area contributed by atoms with Crippen molar-refractivity contribution in [1.29, 1.82) is 0 Å². The van der Waals surface area contributed by atoms with E-state index in [1.54, 1.807) is 0 Å². The van der Waals surface area contributed by atoms with Gasteiger partial charge in [-0.05, 0) is 24.2 Å². The molecular formula is C8H11N3O2S. The minimum absolute atomic E-state index is 0.129. The number of ether oxygens (including phenoxy) is 2. The molecule has 6 heteroatoms. The van der Waals surface area contributed by atoms with Crippen LogP contribution in [0.3, 0.4) is 0 Å². The van der Waals surface area contributed by atoms with Crippen molar-refractivity contribution in [1.82, 2.24) is 10.2 Å². The van der Waals surface area contributed by atoms with E-state index >= 15 is 0 Å². The Hall–Kier alpha value is -0.880. The van der Waals surface area contributed by atoms with E-state index in [-0.39, 0.29) is 11.7 Å². The van der Waals surface area contributed by atoms with Gasteiger partial charge in [-0.25, -0.2) is 0 Å². The molecule has 1 aliphatic carbocycles. The molecule has 1 aliphatic heterocycles. The predicted octanol–water partition coefficient (Wildman–Crippen LogP) is 0.821. The molecule has 1 aromatic rings. The zero-order valence-electron chi connectivity index (χ0n) is 7.60. The molecule has 1 atom stereocenters. The summed E-state index contributed by atoms with van der Waals surface area (Å²) in [6.45, 7) is 0.666. The van der Waals surface area contributed by atoms with Crippen LogP contribution in [0, 0.1) is 0 Å². The van der Waals surface area contributed by atoms with Gasteiger partial charge in [0.2, 0.25) is 5.13 Å². The number of nitrogens with two attached hydrogens (primary N) is 1. The van der Waals surface area contributed by atoms with Gasteiger partial charge in [-0.3, -0.25) is 0 Å². The van der Waals surface area contributed by atoms with E-state index in [2.05, 4.69) is 10.2 Å². The van der Waals surface area contributed by atoms with Gasteiger partial charge in [0.15, 0.2) is 0 Å². The highest BCUT2D eigenvalue weighted by Crippen LogP contribution is 2.48. The van der Waals surface area contributed by atoms with Gasteiger partial charge < -0.3 is 15.2 Å². The van der Waals surface area contributed by atoms with Gasteiger partial charge in [-0.2, -0.15) is 0 Å². The molecular weight excluding hydrogens is 202 g/mol. The molecule has 76 valence electrons. The molecule has 1 saturated heterocycles. The highest BCUT2D eigenvalue weighted by Gasteiger charge is 2.51. The Balaban J connectivity index is 1.63. The molecule has 2 aliphatic rings. The van der Waals surface area contributed by atoms with Gasteiger partial charge in [-0.1, -0.05) is 5.10 Å². The fraction of sp³-hybridized carbons (Fsp3) is 0.750. The van der Waals surface area contributed by atoms with E-state index in [1.165, 1.54) is 24.2 Å². The monoisotopic (exact) mass is 213 g/mol. The summed E-state index contributed by atoms with van der Waals surface area (Å²) in [5.74, 6) is 0. The molecule has 2 heterocycles. The van der Waals surface area contributed by atoms with Crippen LogP contribution in [0.25, 0.3) is 0 Å². The Kier molecular flexibility index (Phi) is 1.69. The van der Waals surface area contributed by atoms with Crippen LogP contribution in [0.5, 0.6) is 5.19 Å². The van der Waals surface area contributed by atoms with Crippen LogP contribution >= 0.6 is 11.3 Å². The third-order valence-corrected chi connectivity index (χ3v) is 3.32. The van der Waals surface area contributed by atoms with Crippen molar-refractivity contribution in [3.05, 3.63) is 0 Å². The Bertz CT molecular complexity index is 350. The maximum absolute atomic E-state index is 5.64. The topological polar surface area (TPSA) is 70.3 Å². The first-order valence-corrected chi connectivity index (χ1v) is 5.47. The SMILES string of the molecule is Nc1nnc(O[C@H]2COC3(CC3)C2)s1. The van der Waals surface area contributed by atoms with Crippen molar-refractivity contribution in [3.63, 3.8) is 0 Å². The Labute approximate surface area is 85.2 Å². The fourth-order valence-corrected chi connectivity index (χ4v) is 2.30. The normalized spacial score (nSPS) is 28.1. The van der Waals surface area contributed by atoms with Gasteiger partial charge in [0.1, 0.15) is 6.10 Å². The van der Waals surface area contributed by atoms with E-state index in [1.807, 2.05) is 0 Å². The van der Waals surface area contributed by atoms with E-state index in [4.69, 9.17) is 15.2 Å². The first kappa shape index (κ1) is 8.43.